The minimum absolute atomic E-state index is 0.230. The molecule has 1 aromatic carbocycles. The summed E-state index contributed by atoms with van der Waals surface area (Å²) in [4.78, 5) is 2.12. The van der Waals surface area contributed by atoms with Crippen LogP contribution in [0.2, 0.25) is 0 Å². The minimum atomic E-state index is -0.230. The van der Waals surface area contributed by atoms with E-state index in [9.17, 15) is 4.39 Å². The standard InChI is InChI=1S/C11H17FN2/c1-8(2)14(3)7-9-6-10(12)4-5-11(9)13/h4-6,8H,7,13H2,1-3H3. The molecule has 0 aliphatic rings. The van der Waals surface area contributed by atoms with Crippen LogP contribution in [0.15, 0.2) is 18.2 Å². The highest BCUT2D eigenvalue weighted by Crippen LogP contribution is 2.15. The first-order valence-corrected chi connectivity index (χ1v) is 4.75. The zero-order chi connectivity index (χ0) is 10.7. The number of hydrogen-bond acceptors (Lipinski definition) is 2. The van der Waals surface area contributed by atoms with E-state index >= 15 is 0 Å². The molecule has 0 aliphatic heterocycles. The SMILES string of the molecule is CC(C)N(C)Cc1cc(F)ccc1N. The van der Waals surface area contributed by atoms with E-state index < -0.39 is 0 Å². The van der Waals surface area contributed by atoms with Crippen molar-refractivity contribution in [1.82, 2.24) is 4.90 Å². The number of anilines is 1. The third kappa shape index (κ3) is 2.70. The Morgan fingerprint density at radius 2 is 2.07 bits per heavy atom. The molecule has 0 aromatic heterocycles. The van der Waals surface area contributed by atoms with Crippen LogP contribution in [0.5, 0.6) is 0 Å². The third-order valence-electron chi connectivity index (χ3n) is 2.41. The molecular weight excluding hydrogens is 179 g/mol. The number of hydrogen-bond donors (Lipinski definition) is 1. The molecule has 0 spiro atoms. The van der Waals surface area contributed by atoms with Crippen LogP contribution in [0, 0.1) is 5.82 Å². The van der Waals surface area contributed by atoms with E-state index in [1.165, 1.54) is 12.1 Å². The summed E-state index contributed by atoms with van der Waals surface area (Å²) in [5.41, 5.74) is 7.24. The highest BCUT2D eigenvalue weighted by Gasteiger charge is 2.07. The molecule has 0 atom stereocenters. The van der Waals surface area contributed by atoms with Gasteiger partial charge in [0.05, 0.1) is 0 Å². The summed E-state index contributed by atoms with van der Waals surface area (Å²) in [6.45, 7) is 4.87. The molecule has 0 saturated carbocycles. The Bertz CT molecular complexity index is 310. The fourth-order valence-electron chi connectivity index (χ4n) is 1.16. The first-order chi connectivity index (χ1) is 6.50. The van der Waals surface area contributed by atoms with E-state index in [4.69, 9.17) is 5.73 Å². The van der Waals surface area contributed by atoms with Crippen molar-refractivity contribution in [1.29, 1.82) is 0 Å². The normalized spacial score (nSPS) is 11.3. The molecule has 0 unspecified atom stereocenters. The van der Waals surface area contributed by atoms with E-state index in [1.807, 2.05) is 7.05 Å². The second kappa shape index (κ2) is 4.42. The van der Waals surface area contributed by atoms with Crippen molar-refractivity contribution >= 4 is 5.69 Å². The second-order valence-electron chi connectivity index (χ2n) is 3.85. The van der Waals surface area contributed by atoms with Crippen LogP contribution < -0.4 is 5.73 Å². The van der Waals surface area contributed by atoms with E-state index in [0.29, 0.717) is 18.3 Å². The average molecular weight is 196 g/mol. The Hall–Kier alpha value is -1.09. The number of halogens is 1. The van der Waals surface area contributed by atoms with E-state index in [-0.39, 0.29) is 5.82 Å². The van der Waals surface area contributed by atoms with Crippen LogP contribution in [0.4, 0.5) is 10.1 Å². The highest BCUT2D eigenvalue weighted by molar-refractivity contribution is 5.46. The lowest BCUT2D eigenvalue weighted by Crippen LogP contribution is -2.26. The summed E-state index contributed by atoms with van der Waals surface area (Å²) in [7, 11) is 2.00. The molecule has 0 amide bonds. The van der Waals surface area contributed by atoms with Crippen LogP contribution >= 0.6 is 0 Å². The number of benzene rings is 1. The quantitative estimate of drug-likeness (QED) is 0.751. The number of rotatable bonds is 3. The van der Waals surface area contributed by atoms with Crippen LogP contribution in [0.1, 0.15) is 19.4 Å². The first-order valence-electron chi connectivity index (χ1n) is 4.75. The molecule has 2 N–H and O–H groups in total. The molecular formula is C11H17FN2. The largest absolute Gasteiger partial charge is 0.398 e. The van der Waals surface area contributed by atoms with Crippen molar-refractivity contribution in [3.05, 3.63) is 29.6 Å². The van der Waals surface area contributed by atoms with Gasteiger partial charge in [-0.25, -0.2) is 4.39 Å². The molecule has 78 valence electrons. The van der Waals surface area contributed by atoms with Gasteiger partial charge in [-0.1, -0.05) is 0 Å². The van der Waals surface area contributed by atoms with Gasteiger partial charge in [0, 0.05) is 18.3 Å². The Morgan fingerprint density at radius 1 is 1.43 bits per heavy atom. The van der Waals surface area contributed by atoms with Gasteiger partial charge in [0.15, 0.2) is 0 Å². The number of nitrogen functional groups attached to an aromatic ring is 1. The molecule has 1 aromatic rings. The lowest BCUT2D eigenvalue weighted by molar-refractivity contribution is 0.266. The van der Waals surface area contributed by atoms with Crippen molar-refractivity contribution in [3.8, 4) is 0 Å². The summed E-state index contributed by atoms with van der Waals surface area (Å²) < 4.78 is 12.9. The van der Waals surface area contributed by atoms with Crippen molar-refractivity contribution in [2.75, 3.05) is 12.8 Å². The maximum atomic E-state index is 12.9. The van der Waals surface area contributed by atoms with Gasteiger partial charge in [-0.3, -0.25) is 4.90 Å². The highest BCUT2D eigenvalue weighted by atomic mass is 19.1. The summed E-state index contributed by atoms with van der Waals surface area (Å²) in [5, 5.41) is 0. The molecule has 1 rings (SSSR count). The van der Waals surface area contributed by atoms with Gasteiger partial charge in [0.1, 0.15) is 5.82 Å². The fourth-order valence-corrected chi connectivity index (χ4v) is 1.16. The Morgan fingerprint density at radius 3 is 2.64 bits per heavy atom. The van der Waals surface area contributed by atoms with Crippen molar-refractivity contribution < 1.29 is 4.39 Å². The molecule has 0 fully saturated rings. The number of nitrogens with two attached hydrogens (primary N) is 1. The Labute approximate surface area is 84.5 Å². The van der Waals surface area contributed by atoms with Gasteiger partial charge in [-0.05, 0) is 44.7 Å². The van der Waals surface area contributed by atoms with Crippen molar-refractivity contribution in [2.45, 2.75) is 26.4 Å². The maximum absolute atomic E-state index is 12.9. The average Bonchev–Trinajstić information content (AvgIpc) is 2.11. The molecule has 0 radical (unpaired) electrons. The summed E-state index contributed by atoms with van der Waals surface area (Å²) in [5.74, 6) is -0.230. The summed E-state index contributed by atoms with van der Waals surface area (Å²) in [6, 6.07) is 4.92. The van der Waals surface area contributed by atoms with Gasteiger partial charge in [-0.2, -0.15) is 0 Å². The molecule has 14 heavy (non-hydrogen) atoms. The van der Waals surface area contributed by atoms with E-state index in [1.54, 1.807) is 6.07 Å². The molecule has 0 bridgehead atoms. The van der Waals surface area contributed by atoms with E-state index in [2.05, 4.69) is 18.7 Å². The number of nitrogens with zero attached hydrogens (tertiary/aromatic N) is 1. The lowest BCUT2D eigenvalue weighted by Gasteiger charge is -2.21. The van der Waals surface area contributed by atoms with Crippen molar-refractivity contribution in [3.63, 3.8) is 0 Å². The zero-order valence-electron chi connectivity index (χ0n) is 8.92. The Balaban J connectivity index is 2.80. The third-order valence-corrected chi connectivity index (χ3v) is 2.41. The van der Waals surface area contributed by atoms with Crippen molar-refractivity contribution in [2.24, 2.45) is 0 Å². The molecule has 0 aliphatic carbocycles. The van der Waals surface area contributed by atoms with Gasteiger partial charge < -0.3 is 5.73 Å². The lowest BCUT2D eigenvalue weighted by atomic mass is 10.1. The predicted octanol–water partition coefficient (Wildman–Crippen LogP) is 2.25. The van der Waals surface area contributed by atoms with Crippen LogP contribution in [0.25, 0.3) is 0 Å². The molecule has 2 nitrogen and oxygen atoms in total. The summed E-state index contributed by atoms with van der Waals surface area (Å²) in [6.07, 6.45) is 0. The second-order valence-corrected chi connectivity index (χ2v) is 3.85. The minimum Gasteiger partial charge on any atom is -0.398 e. The zero-order valence-corrected chi connectivity index (χ0v) is 8.92. The molecule has 0 heterocycles. The molecule has 3 heteroatoms. The van der Waals surface area contributed by atoms with Crippen LogP contribution in [-0.2, 0) is 6.54 Å². The van der Waals surface area contributed by atoms with Crippen LogP contribution in [0.3, 0.4) is 0 Å². The topological polar surface area (TPSA) is 29.3 Å². The first kappa shape index (κ1) is 11.0. The van der Waals surface area contributed by atoms with Gasteiger partial charge in [0.25, 0.3) is 0 Å². The van der Waals surface area contributed by atoms with Gasteiger partial charge in [0.2, 0.25) is 0 Å². The monoisotopic (exact) mass is 196 g/mol. The van der Waals surface area contributed by atoms with Crippen LogP contribution in [-0.4, -0.2) is 18.0 Å². The molecule has 0 saturated heterocycles. The Kier molecular flexibility index (Phi) is 3.47. The fraction of sp³-hybridized carbons (Fsp3) is 0.455. The maximum Gasteiger partial charge on any atom is 0.123 e. The summed E-state index contributed by atoms with van der Waals surface area (Å²) >= 11 is 0. The smallest absolute Gasteiger partial charge is 0.123 e. The van der Waals surface area contributed by atoms with Gasteiger partial charge in [-0.15, -0.1) is 0 Å². The predicted molar refractivity (Wildman–Crippen MR) is 57.4 cm³/mol. The van der Waals surface area contributed by atoms with E-state index in [0.717, 1.165) is 5.56 Å². The van der Waals surface area contributed by atoms with Gasteiger partial charge >= 0.3 is 0 Å².